The fraction of sp³-hybridized carbons (Fsp3) is 0.205. The second kappa shape index (κ2) is 16.7. The van der Waals surface area contributed by atoms with E-state index in [-0.39, 0.29) is 30.0 Å². The highest BCUT2D eigenvalue weighted by Crippen LogP contribution is 2.33. The largest absolute Gasteiger partial charge is 0.480 e. The predicted octanol–water partition coefficient (Wildman–Crippen LogP) is 6.55. The first-order chi connectivity index (χ1) is 23.9. The van der Waals surface area contributed by atoms with E-state index >= 15 is 0 Å². The fourth-order valence-corrected chi connectivity index (χ4v) is 4.91. The number of carboxylic acid groups (broad SMARTS) is 1. The first-order valence-electron chi connectivity index (χ1n) is 15.7. The quantitative estimate of drug-likeness (QED) is 0.0737. The van der Waals surface area contributed by atoms with E-state index in [0.29, 0.717) is 5.56 Å². The number of anilines is 2. The van der Waals surface area contributed by atoms with Crippen LogP contribution >= 0.6 is 0 Å². The van der Waals surface area contributed by atoms with Gasteiger partial charge in [0.15, 0.2) is 6.10 Å². The second-order valence-corrected chi connectivity index (χ2v) is 12.1. The number of esters is 2. The summed E-state index contributed by atoms with van der Waals surface area (Å²) < 4.78 is 16.3. The number of hydrogen-bond acceptors (Lipinski definition) is 8. The Kier molecular flexibility index (Phi) is 12.3. The van der Waals surface area contributed by atoms with E-state index in [1.807, 2.05) is 60.7 Å². The van der Waals surface area contributed by atoms with E-state index in [2.05, 4.69) is 11.9 Å². The molecule has 0 bridgehead atoms. The van der Waals surface area contributed by atoms with Gasteiger partial charge in [-0.3, -0.25) is 9.69 Å². The molecule has 50 heavy (non-hydrogen) atoms. The summed E-state index contributed by atoms with van der Waals surface area (Å²) >= 11 is 0. The van der Waals surface area contributed by atoms with E-state index in [1.54, 1.807) is 45.0 Å². The summed E-state index contributed by atoms with van der Waals surface area (Å²) in [5, 5.41) is 12.0. The summed E-state index contributed by atoms with van der Waals surface area (Å²) in [4.78, 5) is 66.0. The molecular formula is C39H38N2O9. The molecule has 1 atom stereocenters. The van der Waals surface area contributed by atoms with E-state index in [9.17, 15) is 29.1 Å². The molecular weight excluding hydrogens is 640 g/mol. The number of para-hydroxylation sites is 1. The molecule has 0 saturated carbocycles. The zero-order valence-corrected chi connectivity index (χ0v) is 27.9. The van der Waals surface area contributed by atoms with Crippen LogP contribution in [-0.2, 0) is 35.0 Å². The van der Waals surface area contributed by atoms with Crippen molar-refractivity contribution in [3.8, 4) is 0 Å². The van der Waals surface area contributed by atoms with Crippen molar-refractivity contribution in [1.29, 1.82) is 0 Å². The highest BCUT2D eigenvalue weighted by molar-refractivity contribution is 6.40. The molecule has 4 aromatic carbocycles. The molecule has 0 aliphatic rings. The Morgan fingerprint density at radius 1 is 0.820 bits per heavy atom. The number of aliphatic carboxylic acids is 1. The summed E-state index contributed by atoms with van der Waals surface area (Å²) in [5.74, 6) is -4.28. The lowest BCUT2D eigenvalue weighted by molar-refractivity contribution is -0.162. The van der Waals surface area contributed by atoms with E-state index in [4.69, 9.17) is 14.2 Å². The minimum Gasteiger partial charge on any atom is -0.480 e. The Hall–Kier alpha value is -6.23. The number of amides is 2. The Balaban J connectivity index is 1.71. The van der Waals surface area contributed by atoms with Gasteiger partial charge in [-0.1, -0.05) is 97.6 Å². The van der Waals surface area contributed by atoms with Crippen LogP contribution in [0.4, 0.5) is 16.2 Å². The first kappa shape index (κ1) is 36.6. The number of alkyl carbamates (subject to hydrolysis) is 1. The van der Waals surface area contributed by atoms with Crippen LogP contribution in [0.15, 0.2) is 122 Å². The van der Waals surface area contributed by atoms with Crippen molar-refractivity contribution in [2.45, 2.75) is 44.9 Å². The highest BCUT2D eigenvalue weighted by Gasteiger charge is 2.33. The van der Waals surface area contributed by atoms with Crippen molar-refractivity contribution in [2.24, 2.45) is 0 Å². The van der Waals surface area contributed by atoms with Crippen LogP contribution in [0.5, 0.6) is 0 Å². The standard InChI is InChI=1S/C39H38N2O9/c1-5-24-48-38(47)40-31(35(43)44)25-26-20-22-29(23-21-26)41(34(42)37(46)50-39(2,3)4)32-19-13-12-18-30(32)36(45)49-33(27-14-8-6-9-15-27)28-16-10-7-11-17-28/h5-23,31,33H,1,24-25H2,2-4H3,(H,40,47)(H,43,44)/t31-/m0/s1. The molecule has 0 fully saturated rings. The summed E-state index contributed by atoms with van der Waals surface area (Å²) in [6.07, 6.45) is -0.478. The molecule has 0 radical (unpaired) electrons. The van der Waals surface area contributed by atoms with Crippen molar-refractivity contribution in [3.05, 3.63) is 144 Å². The molecule has 4 aromatic rings. The van der Waals surface area contributed by atoms with Gasteiger partial charge in [-0.15, -0.1) is 0 Å². The van der Waals surface area contributed by atoms with Gasteiger partial charge in [0, 0.05) is 12.1 Å². The zero-order valence-electron chi connectivity index (χ0n) is 27.9. The average Bonchev–Trinajstić information content (AvgIpc) is 3.10. The molecule has 0 unspecified atom stereocenters. The smallest absolute Gasteiger partial charge is 0.408 e. The second-order valence-electron chi connectivity index (χ2n) is 12.1. The highest BCUT2D eigenvalue weighted by atomic mass is 16.6. The molecule has 0 aromatic heterocycles. The molecule has 258 valence electrons. The number of nitrogens with one attached hydrogen (secondary N) is 1. The summed E-state index contributed by atoms with van der Waals surface area (Å²) in [6, 6.07) is 29.3. The van der Waals surface area contributed by atoms with Gasteiger partial charge >= 0.3 is 29.9 Å². The van der Waals surface area contributed by atoms with Crippen LogP contribution in [0.2, 0.25) is 0 Å². The van der Waals surface area contributed by atoms with Crippen LogP contribution in [0.25, 0.3) is 0 Å². The minimum absolute atomic E-state index is 0.00137. The molecule has 4 rings (SSSR count). The van der Waals surface area contributed by atoms with E-state index < -0.39 is 47.7 Å². The lowest BCUT2D eigenvalue weighted by atomic mass is 10.0. The molecule has 0 heterocycles. The number of rotatable bonds is 12. The van der Waals surface area contributed by atoms with Crippen LogP contribution in [0.1, 0.15) is 53.9 Å². The van der Waals surface area contributed by atoms with Crippen molar-refractivity contribution in [2.75, 3.05) is 11.5 Å². The molecule has 0 aliphatic carbocycles. The number of carbonyl (C=O) groups is 5. The normalized spacial score (nSPS) is 11.5. The Bertz CT molecular complexity index is 1780. The third kappa shape index (κ3) is 9.89. The first-order valence-corrected chi connectivity index (χ1v) is 15.7. The Morgan fingerprint density at radius 3 is 1.92 bits per heavy atom. The monoisotopic (exact) mass is 678 g/mol. The third-order valence-corrected chi connectivity index (χ3v) is 7.13. The van der Waals surface area contributed by atoms with Gasteiger partial charge in [0.25, 0.3) is 0 Å². The van der Waals surface area contributed by atoms with Crippen LogP contribution < -0.4 is 10.2 Å². The maximum Gasteiger partial charge on any atom is 0.408 e. The SMILES string of the molecule is C=CCOC(=O)N[C@@H](Cc1ccc(N(C(=O)C(=O)OC(C)(C)C)c2ccccc2C(=O)OC(c2ccccc2)c2ccccc2)cc1)C(=O)O. The zero-order chi connectivity index (χ0) is 36.3. The number of ether oxygens (including phenoxy) is 3. The van der Waals surface area contributed by atoms with Crippen molar-refractivity contribution in [3.63, 3.8) is 0 Å². The van der Waals surface area contributed by atoms with Crippen molar-refractivity contribution in [1.82, 2.24) is 5.32 Å². The van der Waals surface area contributed by atoms with Gasteiger partial charge < -0.3 is 24.6 Å². The molecule has 0 saturated heterocycles. The van der Waals surface area contributed by atoms with Crippen molar-refractivity contribution >= 4 is 41.3 Å². The lowest BCUT2D eigenvalue weighted by Gasteiger charge is -2.27. The number of nitrogens with zero attached hydrogens (tertiary/aromatic N) is 1. The van der Waals surface area contributed by atoms with Gasteiger partial charge in [-0.05, 0) is 61.7 Å². The van der Waals surface area contributed by atoms with Gasteiger partial charge in [0.2, 0.25) is 0 Å². The van der Waals surface area contributed by atoms with E-state index in [0.717, 1.165) is 16.0 Å². The van der Waals surface area contributed by atoms with E-state index in [1.165, 1.54) is 30.3 Å². The Labute approximate surface area is 290 Å². The van der Waals surface area contributed by atoms with Crippen molar-refractivity contribution < 1.29 is 43.3 Å². The number of hydrogen-bond donors (Lipinski definition) is 2. The summed E-state index contributed by atoms with van der Waals surface area (Å²) in [5.41, 5.74) is 1.17. The van der Waals surface area contributed by atoms with Gasteiger partial charge in [-0.2, -0.15) is 0 Å². The maximum atomic E-state index is 14.0. The number of benzene rings is 4. The maximum absolute atomic E-state index is 14.0. The number of carbonyl (C=O) groups excluding carboxylic acids is 4. The average molecular weight is 679 g/mol. The molecule has 0 aliphatic heterocycles. The Morgan fingerprint density at radius 2 is 1.38 bits per heavy atom. The molecule has 0 spiro atoms. The molecule has 2 N–H and O–H groups in total. The predicted molar refractivity (Wildman–Crippen MR) is 186 cm³/mol. The molecule has 11 nitrogen and oxygen atoms in total. The number of carboxylic acids is 1. The molecule has 11 heteroatoms. The minimum atomic E-state index is -1.32. The topological polar surface area (TPSA) is 149 Å². The third-order valence-electron chi connectivity index (χ3n) is 7.13. The molecule has 2 amide bonds. The van der Waals surface area contributed by atoms with Crippen LogP contribution in [0.3, 0.4) is 0 Å². The fourth-order valence-electron chi connectivity index (χ4n) is 4.91. The van der Waals surface area contributed by atoms with Crippen LogP contribution in [-0.4, -0.2) is 53.3 Å². The van der Waals surface area contributed by atoms with Gasteiger partial charge in [0.1, 0.15) is 18.2 Å². The van der Waals surface area contributed by atoms with Crippen LogP contribution in [0, 0.1) is 0 Å². The van der Waals surface area contributed by atoms with Gasteiger partial charge in [0.05, 0.1) is 11.3 Å². The lowest BCUT2D eigenvalue weighted by Crippen LogP contribution is -2.42. The summed E-state index contributed by atoms with van der Waals surface area (Å²) in [7, 11) is 0. The van der Waals surface area contributed by atoms with Gasteiger partial charge in [-0.25, -0.2) is 19.2 Å². The summed E-state index contributed by atoms with van der Waals surface area (Å²) in [6.45, 7) is 8.22.